The van der Waals surface area contributed by atoms with Gasteiger partial charge in [0.2, 0.25) is 11.8 Å². The summed E-state index contributed by atoms with van der Waals surface area (Å²) < 4.78 is 6.07. The van der Waals surface area contributed by atoms with E-state index in [2.05, 4.69) is 36.2 Å². The van der Waals surface area contributed by atoms with Gasteiger partial charge < -0.3 is 15.0 Å². The molecule has 0 saturated carbocycles. The fourth-order valence-electron chi connectivity index (χ4n) is 3.38. The molecule has 3 heterocycles. The summed E-state index contributed by atoms with van der Waals surface area (Å²) in [6, 6.07) is 8.26. The molecule has 5 heteroatoms. The number of rotatable bonds is 1. The molecule has 1 fully saturated rings. The van der Waals surface area contributed by atoms with E-state index in [1.165, 1.54) is 12.8 Å². The molecule has 0 aliphatic carbocycles. The molecule has 1 aromatic carbocycles. The Morgan fingerprint density at radius 2 is 1.96 bits per heavy atom. The highest BCUT2D eigenvalue weighted by molar-refractivity contribution is 5.53. The second kappa shape index (κ2) is 6.30. The molecule has 0 radical (unpaired) electrons. The van der Waals surface area contributed by atoms with Gasteiger partial charge in [-0.1, -0.05) is 25.1 Å². The zero-order valence-corrected chi connectivity index (χ0v) is 14.4. The highest BCUT2D eigenvalue weighted by Crippen LogP contribution is 2.29. The minimum Gasteiger partial charge on any atom is -0.472 e. The number of para-hydroxylation sites is 1. The smallest absolute Gasteiger partial charge is 0.228 e. The predicted molar refractivity (Wildman–Crippen MR) is 95.5 cm³/mol. The van der Waals surface area contributed by atoms with E-state index in [4.69, 9.17) is 14.7 Å². The third-order valence-corrected chi connectivity index (χ3v) is 5.07. The summed E-state index contributed by atoms with van der Waals surface area (Å²) in [5.74, 6) is 2.33. The minimum atomic E-state index is 0.531. The number of ether oxygens (including phenoxy) is 1. The Morgan fingerprint density at radius 1 is 1.17 bits per heavy atom. The van der Waals surface area contributed by atoms with E-state index in [-0.39, 0.29) is 0 Å². The van der Waals surface area contributed by atoms with Crippen molar-refractivity contribution in [2.24, 2.45) is 5.92 Å². The van der Waals surface area contributed by atoms with E-state index in [9.17, 15) is 0 Å². The normalized spacial score (nSPS) is 17.8. The molecule has 1 aromatic heterocycles. The lowest BCUT2D eigenvalue weighted by atomic mass is 10.00. The summed E-state index contributed by atoms with van der Waals surface area (Å²) in [7, 11) is 0. The maximum Gasteiger partial charge on any atom is 0.228 e. The van der Waals surface area contributed by atoms with Crippen LogP contribution in [0, 0.1) is 12.8 Å². The number of nitrogens with zero attached hydrogens (tertiary/aromatic N) is 3. The minimum absolute atomic E-state index is 0.531. The SMILES string of the molecule is Cc1nc(N2CCC(C)CC2)nc2c1CNc1ccccc1CO2. The van der Waals surface area contributed by atoms with Crippen molar-refractivity contribution in [1.82, 2.24) is 9.97 Å². The number of hydrogen-bond donors (Lipinski definition) is 1. The molecule has 5 nitrogen and oxygen atoms in total. The number of hydrogen-bond acceptors (Lipinski definition) is 5. The van der Waals surface area contributed by atoms with Crippen LogP contribution >= 0.6 is 0 Å². The van der Waals surface area contributed by atoms with Crippen LogP contribution in [0.2, 0.25) is 0 Å². The van der Waals surface area contributed by atoms with Gasteiger partial charge in [0.1, 0.15) is 6.61 Å². The van der Waals surface area contributed by atoms with Gasteiger partial charge in [-0.3, -0.25) is 0 Å². The largest absolute Gasteiger partial charge is 0.472 e. The molecule has 0 amide bonds. The van der Waals surface area contributed by atoms with Gasteiger partial charge in [0, 0.05) is 30.9 Å². The Labute approximate surface area is 143 Å². The van der Waals surface area contributed by atoms with Crippen LogP contribution in [-0.4, -0.2) is 23.1 Å². The van der Waals surface area contributed by atoms with Gasteiger partial charge in [0.05, 0.1) is 11.3 Å². The average molecular weight is 324 g/mol. The van der Waals surface area contributed by atoms with Gasteiger partial charge in [0.25, 0.3) is 0 Å². The van der Waals surface area contributed by atoms with Gasteiger partial charge >= 0.3 is 0 Å². The van der Waals surface area contributed by atoms with Crippen LogP contribution in [0.25, 0.3) is 0 Å². The van der Waals surface area contributed by atoms with Crippen molar-refractivity contribution < 1.29 is 4.74 Å². The second-order valence-electron chi connectivity index (χ2n) is 6.86. The molecule has 1 N–H and O–H groups in total. The summed E-state index contributed by atoms with van der Waals surface area (Å²) >= 11 is 0. The first kappa shape index (κ1) is 15.2. The summed E-state index contributed by atoms with van der Waals surface area (Å²) in [5, 5.41) is 3.49. The van der Waals surface area contributed by atoms with Crippen LogP contribution in [0.1, 0.15) is 36.6 Å². The maximum atomic E-state index is 6.07. The number of piperidine rings is 1. The Hall–Kier alpha value is -2.30. The van der Waals surface area contributed by atoms with E-state index in [1.807, 2.05) is 12.1 Å². The van der Waals surface area contributed by atoms with Gasteiger partial charge in [-0.2, -0.15) is 4.98 Å². The fourth-order valence-corrected chi connectivity index (χ4v) is 3.38. The van der Waals surface area contributed by atoms with Crippen LogP contribution in [0.3, 0.4) is 0 Å². The van der Waals surface area contributed by atoms with Crippen LogP contribution in [0.15, 0.2) is 24.3 Å². The topological polar surface area (TPSA) is 50.3 Å². The van der Waals surface area contributed by atoms with Crippen molar-refractivity contribution >= 4 is 11.6 Å². The third kappa shape index (κ3) is 2.90. The van der Waals surface area contributed by atoms with E-state index < -0.39 is 0 Å². The quantitative estimate of drug-likeness (QED) is 0.870. The number of anilines is 2. The summed E-state index contributed by atoms with van der Waals surface area (Å²) in [5.41, 5.74) is 4.34. The standard InChI is InChI=1S/C19H24N4O/c1-13-7-9-23(10-8-13)19-21-14(2)16-11-20-17-6-4-3-5-15(17)12-24-18(16)22-19/h3-6,13,20H,7-12H2,1-2H3. The molecule has 1 saturated heterocycles. The molecule has 2 aromatic rings. The molecule has 126 valence electrons. The molecular formula is C19H24N4O. The van der Waals surface area contributed by atoms with Crippen molar-refractivity contribution in [3.05, 3.63) is 41.1 Å². The average Bonchev–Trinajstić information content (AvgIpc) is 2.58. The van der Waals surface area contributed by atoms with Crippen molar-refractivity contribution in [1.29, 1.82) is 0 Å². The van der Waals surface area contributed by atoms with Crippen molar-refractivity contribution in [2.45, 2.75) is 39.8 Å². The Balaban J connectivity index is 1.62. The highest BCUT2D eigenvalue weighted by Gasteiger charge is 2.22. The van der Waals surface area contributed by atoms with Crippen LogP contribution < -0.4 is 15.0 Å². The number of fused-ring (bicyclic) bond motifs is 2. The molecule has 24 heavy (non-hydrogen) atoms. The maximum absolute atomic E-state index is 6.07. The Morgan fingerprint density at radius 3 is 2.79 bits per heavy atom. The van der Waals surface area contributed by atoms with Gasteiger partial charge in [0.15, 0.2) is 0 Å². The van der Waals surface area contributed by atoms with Gasteiger partial charge in [-0.15, -0.1) is 0 Å². The number of benzene rings is 1. The fraction of sp³-hybridized carbons (Fsp3) is 0.474. The summed E-state index contributed by atoms with van der Waals surface area (Å²) in [4.78, 5) is 11.8. The molecule has 0 atom stereocenters. The van der Waals surface area contributed by atoms with E-state index in [1.54, 1.807) is 0 Å². The monoisotopic (exact) mass is 324 g/mol. The van der Waals surface area contributed by atoms with Crippen LogP contribution in [0.5, 0.6) is 5.88 Å². The molecule has 0 unspecified atom stereocenters. The summed E-state index contributed by atoms with van der Waals surface area (Å²) in [6.07, 6.45) is 2.41. The first-order chi connectivity index (χ1) is 11.7. The molecule has 0 spiro atoms. The van der Waals surface area contributed by atoms with Crippen molar-refractivity contribution in [3.63, 3.8) is 0 Å². The number of aryl methyl sites for hydroxylation is 1. The zero-order valence-electron chi connectivity index (χ0n) is 14.4. The summed E-state index contributed by atoms with van der Waals surface area (Å²) in [6.45, 7) is 7.64. The number of aromatic nitrogens is 2. The van der Waals surface area contributed by atoms with E-state index >= 15 is 0 Å². The zero-order chi connectivity index (χ0) is 16.5. The highest BCUT2D eigenvalue weighted by atomic mass is 16.5. The molecule has 2 aliphatic heterocycles. The Bertz CT molecular complexity index is 738. The lowest BCUT2D eigenvalue weighted by Crippen LogP contribution is -2.34. The first-order valence-corrected chi connectivity index (χ1v) is 8.78. The van der Waals surface area contributed by atoms with Gasteiger partial charge in [-0.25, -0.2) is 4.98 Å². The molecule has 4 rings (SSSR count). The molecule has 2 aliphatic rings. The van der Waals surface area contributed by atoms with E-state index in [0.717, 1.165) is 53.3 Å². The van der Waals surface area contributed by atoms with E-state index in [0.29, 0.717) is 13.2 Å². The lowest BCUT2D eigenvalue weighted by Gasteiger charge is -2.31. The van der Waals surface area contributed by atoms with Crippen molar-refractivity contribution in [3.8, 4) is 5.88 Å². The van der Waals surface area contributed by atoms with Crippen LogP contribution in [0.4, 0.5) is 11.6 Å². The number of nitrogens with one attached hydrogen (secondary N) is 1. The van der Waals surface area contributed by atoms with Crippen LogP contribution in [-0.2, 0) is 13.2 Å². The predicted octanol–water partition coefficient (Wildman–Crippen LogP) is 3.53. The molecule has 0 bridgehead atoms. The van der Waals surface area contributed by atoms with Crippen molar-refractivity contribution in [2.75, 3.05) is 23.3 Å². The molecular weight excluding hydrogens is 300 g/mol. The Kier molecular flexibility index (Phi) is 4.00. The third-order valence-electron chi connectivity index (χ3n) is 5.07. The second-order valence-corrected chi connectivity index (χ2v) is 6.86. The first-order valence-electron chi connectivity index (χ1n) is 8.78. The van der Waals surface area contributed by atoms with Gasteiger partial charge in [-0.05, 0) is 31.7 Å². The lowest BCUT2D eigenvalue weighted by molar-refractivity contribution is 0.288.